The number of carbonyl (C=O) groups is 1. The van der Waals surface area contributed by atoms with Crippen molar-refractivity contribution in [2.24, 2.45) is 5.41 Å². The van der Waals surface area contributed by atoms with Crippen molar-refractivity contribution in [2.45, 2.75) is 45.6 Å². The zero-order valence-electron chi connectivity index (χ0n) is 11.9. The average molecular weight is 280 g/mol. The molecular weight excluding hydrogens is 256 g/mol. The smallest absolute Gasteiger partial charge is 0.226 e. The lowest BCUT2D eigenvalue weighted by molar-refractivity contribution is -0.133. The molecule has 2 heterocycles. The van der Waals surface area contributed by atoms with Crippen LogP contribution in [0.15, 0.2) is 16.8 Å². The van der Waals surface area contributed by atoms with Gasteiger partial charge >= 0.3 is 0 Å². The molecule has 1 aromatic heterocycles. The monoisotopic (exact) mass is 280 g/mol. The standard InChI is InChI=1S/C15H24N2OS/c1-3-5-15(6-8-16-9-7-15)14(18)17-12(2)13-4-10-19-11-13/h4,10-12,16H,3,5-9H2,1-2H3,(H,17,18). The van der Waals surface area contributed by atoms with Crippen molar-refractivity contribution in [3.63, 3.8) is 0 Å². The van der Waals surface area contributed by atoms with Gasteiger partial charge in [-0.05, 0) is 61.7 Å². The van der Waals surface area contributed by atoms with E-state index in [-0.39, 0.29) is 17.4 Å². The minimum Gasteiger partial charge on any atom is -0.349 e. The third-order valence-electron chi connectivity index (χ3n) is 4.16. The Morgan fingerprint density at radius 3 is 2.84 bits per heavy atom. The van der Waals surface area contributed by atoms with E-state index in [9.17, 15) is 4.79 Å². The van der Waals surface area contributed by atoms with Gasteiger partial charge in [-0.25, -0.2) is 0 Å². The Kier molecular flexibility index (Phi) is 4.99. The number of thiophene rings is 1. The van der Waals surface area contributed by atoms with E-state index < -0.39 is 0 Å². The van der Waals surface area contributed by atoms with E-state index >= 15 is 0 Å². The lowest BCUT2D eigenvalue weighted by Crippen LogP contribution is -2.48. The van der Waals surface area contributed by atoms with E-state index in [0.29, 0.717) is 0 Å². The Hall–Kier alpha value is -0.870. The SMILES string of the molecule is CCCC1(C(=O)NC(C)c2ccsc2)CCNCC1. The predicted octanol–water partition coefficient (Wildman–Crippen LogP) is 3.10. The quantitative estimate of drug-likeness (QED) is 0.870. The molecule has 0 aromatic carbocycles. The highest BCUT2D eigenvalue weighted by Gasteiger charge is 2.38. The molecule has 19 heavy (non-hydrogen) atoms. The highest BCUT2D eigenvalue weighted by molar-refractivity contribution is 7.07. The van der Waals surface area contributed by atoms with Crippen molar-refractivity contribution >= 4 is 17.2 Å². The Bertz CT molecular complexity index is 391. The first-order valence-electron chi connectivity index (χ1n) is 7.22. The molecule has 2 rings (SSSR count). The van der Waals surface area contributed by atoms with Gasteiger partial charge in [0.2, 0.25) is 5.91 Å². The predicted molar refractivity (Wildman–Crippen MR) is 80.3 cm³/mol. The maximum absolute atomic E-state index is 12.7. The third kappa shape index (κ3) is 3.37. The Morgan fingerprint density at radius 2 is 2.26 bits per heavy atom. The fraction of sp³-hybridized carbons (Fsp3) is 0.667. The van der Waals surface area contributed by atoms with Crippen molar-refractivity contribution in [1.29, 1.82) is 0 Å². The molecule has 4 heteroatoms. The van der Waals surface area contributed by atoms with Gasteiger partial charge in [0.1, 0.15) is 0 Å². The molecule has 0 saturated carbocycles. The summed E-state index contributed by atoms with van der Waals surface area (Å²) in [6, 6.07) is 2.20. The van der Waals surface area contributed by atoms with Crippen LogP contribution in [0.3, 0.4) is 0 Å². The number of rotatable bonds is 5. The topological polar surface area (TPSA) is 41.1 Å². The molecule has 1 amide bonds. The number of piperidine rings is 1. The Balaban J connectivity index is 2.03. The van der Waals surface area contributed by atoms with Crippen molar-refractivity contribution in [1.82, 2.24) is 10.6 Å². The fourth-order valence-electron chi connectivity index (χ4n) is 2.93. The molecule has 1 fully saturated rings. The van der Waals surface area contributed by atoms with E-state index in [1.165, 1.54) is 5.56 Å². The van der Waals surface area contributed by atoms with Gasteiger partial charge < -0.3 is 10.6 Å². The van der Waals surface area contributed by atoms with Crippen molar-refractivity contribution in [3.8, 4) is 0 Å². The summed E-state index contributed by atoms with van der Waals surface area (Å²) in [5.41, 5.74) is 1.06. The number of hydrogen-bond donors (Lipinski definition) is 2. The maximum atomic E-state index is 12.7. The molecule has 106 valence electrons. The second kappa shape index (κ2) is 6.53. The van der Waals surface area contributed by atoms with Gasteiger partial charge in [-0.15, -0.1) is 0 Å². The molecule has 3 nitrogen and oxygen atoms in total. The van der Waals surface area contributed by atoms with Crippen LogP contribution in [0.25, 0.3) is 0 Å². The van der Waals surface area contributed by atoms with E-state index in [1.54, 1.807) is 11.3 Å². The highest BCUT2D eigenvalue weighted by atomic mass is 32.1. The second-order valence-electron chi connectivity index (χ2n) is 5.53. The zero-order valence-corrected chi connectivity index (χ0v) is 12.7. The van der Waals surface area contributed by atoms with Crippen LogP contribution in [0.2, 0.25) is 0 Å². The van der Waals surface area contributed by atoms with E-state index in [4.69, 9.17) is 0 Å². The van der Waals surface area contributed by atoms with Crippen molar-refractivity contribution < 1.29 is 4.79 Å². The minimum atomic E-state index is -0.149. The summed E-state index contributed by atoms with van der Waals surface area (Å²) in [7, 11) is 0. The van der Waals surface area contributed by atoms with E-state index in [1.807, 2.05) is 0 Å². The van der Waals surface area contributed by atoms with Gasteiger partial charge in [0, 0.05) is 0 Å². The average Bonchev–Trinajstić information content (AvgIpc) is 2.94. The van der Waals surface area contributed by atoms with Gasteiger partial charge in [0.15, 0.2) is 0 Å². The molecular formula is C15H24N2OS. The molecule has 0 bridgehead atoms. The molecule has 0 aliphatic carbocycles. The van der Waals surface area contributed by atoms with Crippen molar-refractivity contribution in [2.75, 3.05) is 13.1 Å². The molecule has 0 radical (unpaired) electrons. The zero-order chi connectivity index (χ0) is 13.7. The summed E-state index contributed by atoms with van der Waals surface area (Å²) < 4.78 is 0. The van der Waals surface area contributed by atoms with Gasteiger partial charge in [0.25, 0.3) is 0 Å². The van der Waals surface area contributed by atoms with Crippen molar-refractivity contribution in [3.05, 3.63) is 22.4 Å². The summed E-state index contributed by atoms with van der Waals surface area (Å²) in [4.78, 5) is 12.7. The Morgan fingerprint density at radius 1 is 1.53 bits per heavy atom. The summed E-state index contributed by atoms with van der Waals surface area (Å²) in [6.07, 6.45) is 3.99. The first-order chi connectivity index (χ1) is 9.18. The van der Waals surface area contributed by atoms with Gasteiger partial charge in [-0.1, -0.05) is 13.3 Å². The van der Waals surface area contributed by atoms with Gasteiger partial charge in [0.05, 0.1) is 11.5 Å². The first kappa shape index (κ1) is 14.5. The molecule has 1 atom stereocenters. The summed E-state index contributed by atoms with van der Waals surface area (Å²) in [5.74, 6) is 0.245. The lowest BCUT2D eigenvalue weighted by atomic mass is 9.74. The van der Waals surface area contributed by atoms with E-state index in [2.05, 4.69) is 41.3 Å². The molecule has 2 N–H and O–H groups in total. The van der Waals surface area contributed by atoms with Crippen LogP contribution in [0, 0.1) is 5.41 Å². The van der Waals surface area contributed by atoms with Crippen LogP contribution in [0.5, 0.6) is 0 Å². The summed E-state index contributed by atoms with van der Waals surface area (Å²) in [5, 5.41) is 10.7. The Labute approximate surface area is 119 Å². The highest BCUT2D eigenvalue weighted by Crippen LogP contribution is 2.35. The molecule has 1 aliphatic rings. The van der Waals surface area contributed by atoms with Crippen LogP contribution >= 0.6 is 11.3 Å². The van der Waals surface area contributed by atoms with Gasteiger partial charge in [-0.2, -0.15) is 11.3 Å². The molecule has 1 aromatic rings. The first-order valence-corrected chi connectivity index (χ1v) is 8.16. The number of amides is 1. The number of hydrogen-bond acceptors (Lipinski definition) is 3. The van der Waals surface area contributed by atoms with Crippen LogP contribution in [-0.2, 0) is 4.79 Å². The van der Waals surface area contributed by atoms with Crippen LogP contribution in [-0.4, -0.2) is 19.0 Å². The maximum Gasteiger partial charge on any atom is 0.226 e. The molecule has 0 spiro atoms. The largest absolute Gasteiger partial charge is 0.349 e. The number of nitrogens with one attached hydrogen (secondary N) is 2. The molecule has 1 aliphatic heterocycles. The molecule has 1 unspecified atom stereocenters. The second-order valence-corrected chi connectivity index (χ2v) is 6.31. The normalized spacial score (nSPS) is 19.9. The van der Waals surface area contributed by atoms with Crippen LogP contribution in [0.1, 0.15) is 51.1 Å². The number of carbonyl (C=O) groups excluding carboxylic acids is 1. The fourth-order valence-corrected chi connectivity index (χ4v) is 3.68. The lowest BCUT2D eigenvalue weighted by Gasteiger charge is -2.37. The van der Waals surface area contributed by atoms with Gasteiger partial charge in [-0.3, -0.25) is 4.79 Å². The van der Waals surface area contributed by atoms with E-state index in [0.717, 1.165) is 38.8 Å². The summed E-state index contributed by atoms with van der Waals surface area (Å²) in [6.45, 7) is 6.15. The third-order valence-corrected chi connectivity index (χ3v) is 4.86. The van der Waals surface area contributed by atoms with Crippen LogP contribution in [0.4, 0.5) is 0 Å². The summed E-state index contributed by atoms with van der Waals surface area (Å²) >= 11 is 1.68. The van der Waals surface area contributed by atoms with Crippen LogP contribution < -0.4 is 10.6 Å². The molecule has 1 saturated heterocycles. The minimum absolute atomic E-state index is 0.113.